The molecule has 1 aromatic heterocycles. The van der Waals surface area contributed by atoms with E-state index in [1.54, 1.807) is 12.1 Å². The summed E-state index contributed by atoms with van der Waals surface area (Å²) < 4.78 is 43.5. The van der Waals surface area contributed by atoms with Crippen molar-refractivity contribution >= 4 is 17.5 Å². The minimum Gasteiger partial charge on any atom is -0.488 e. The number of rotatable bonds is 1. The molecule has 0 saturated heterocycles. The number of pyridine rings is 1. The van der Waals surface area contributed by atoms with Gasteiger partial charge in [-0.05, 0) is 30.3 Å². The van der Waals surface area contributed by atoms with Crippen molar-refractivity contribution in [3.63, 3.8) is 0 Å². The number of halogens is 3. The SMILES string of the molecule is O=C(Nc1cccc(C(F)(F)F)c1)N1CCOc2cccnc21. The normalized spacial score (nSPS) is 14.0. The van der Waals surface area contributed by atoms with Crippen LogP contribution in [0.5, 0.6) is 5.75 Å². The van der Waals surface area contributed by atoms with E-state index in [9.17, 15) is 18.0 Å². The van der Waals surface area contributed by atoms with Gasteiger partial charge in [0, 0.05) is 11.9 Å². The Bertz CT molecular complexity index is 734. The molecule has 2 amide bonds. The molecule has 0 spiro atoms. The van der Waals surface area contributed by atoms with E-state index in [0.717, 1.165) is 12.1 Å². The first-order valence-corrected chi connectivity index (χ1v) is 6.79. The van der Waals surface area contributed by atoms with Crippen LogP contribution in [0.3, 0.4) is 0 Å². The van der Waals surface area contributed by atoms with E-state index in [1.807, 2.05) is 0 Å². The van der Waals surface area contributed by atoms with E-state index in [2.05, 4.69) is 10.3 Å². The monoisotopic (exact) mass is 323 g/mol. The number of anilines is 2. The molecule has 3 rings (SSSR count). The lowest BCUT2D eigenvalue weighted by Gasteiger charge is -2.28. The first kappa shape index (κ1) is 15.1. The summed E-state index contributed by atoms with van der Waals surface area (Å²) >= 11 is 0. The Morgan fingerprint density at radius 1 is 1.26 bits per heavy atom. The topological polar surface area (TPSA) is 54.5 Å². The highest BCUT2D eigenvalue weighted by atomic mass is 19.4. The Hall–Kier alpha value is -2.77. The lowest BCUT2D eigenvalue weighted by Crippen LogP contribution is -2.41. The lowest BCUT2D eigenvalue weighted by atomic mass is 10.2. The Labute approximate surface area is 129 Å². The highest BCUT2D eigenvalue weighted by molar-refractivity contribution is 6.02. The van der Waals surface area contributed by atoms with Crippen molar-refractivity contribution in [3.05, 3.63) is 48.2 Å². The van der Waals surface area contributed by atoms with Crippen molar-refractivity contribution in [2.75, 3.05) is 23.4 Å². The predicted molar refractivity (Wildman–Crippen MR) is 77.5 cm³/mol. The quantitative estimate of drug-likeness (QED) is 0.873. The fourth-order valence-electron chi connectivity index (χ4n) is 2.21. The van der Waals surface area contributed by atoms with Crippen molar-refractivity contribution < 1.29 is 22.7 Å². The van der Waals surface area contributed by atoms with E-state index in [-0.39, 0.29) is 18.8 Å². The molecule has 0 aliphatic carbocycles. The molecule has 5 nitrogen and oxygen atoms in total. The number of amides is 2. The van der Waals surface area contributed by atoms with Gasteiger partial charge < -0.3 is 10.1 Å². The van der Waals surface area contributed by atoms with Gasteiger partial charge in [-0.3, -0.25) is 4.90 Å². The van der Waals surface area contributed by atoms with Crippen LogP contribution in [0.1, 0.15) is 5.56 Å². The maximum atomic E-state index is 12.7. The minimum absolute atomic E-state index is 0.0637. The van der Waals surface area contributed by atoms with E-state index < -0.39 is 17.8 Å². The summed E-state index contributed by atoms with van der Waals surface area (Å²) in [6.45, 7) is 0.545. The molecule has 120 valence electrons. The molecule has 1 aliphatic heterocycles. The summed E-state index contributed by atoms with van der Waals surface area (Å²) in [4.78, 5) is 17.7. The molecule has 1 aliphatic rings. The molecule has 1 N–H and O–H groups in total. The van der Waals surface area contributed by atoms with Crippen LogP contribution in [0.15, 0.2) is 42.6 Å². The third-order valence-corrected chi connectivity index (χ3v) is 3.27. The average Bonchev–Trinajstić information content (AvgIpc) is 2.53. The van der Waals surface area contributed by atoms with Gasteiger partial charge >= 0.3 is 12.2 Å². The van der Waals surface area contributed by atoms with Crippen LogP contribution in [0.4, 0.5) is 29.5 Å². The molecular formula is C15H12F3N3O2. The van der Waals surface area contributed by atoms with Gasteiger partial charge in [-0.25, -0.2) is 9.78 Å². The summed E-state index contributed by atoms with van der Waals surface area (Å²) in [6.07, 6.45) is -2.95. The minimum atomic E-state index is -4.46. The predicted octanol–water partition coefficient (Wildman–Crippen LogP) is 3.53. The van der Waals surface area contributed by atoms with Gasteiger partial charge in [0.05, 0.1) is 12.1 Å². The van der Waals surface area contributed by atoms with Crippen molar-refractivity contribution in [3.8, 4) is 5.75 Å². The largest absolute Gasteiger partial charge is 0.488 e. The fourth-order valence-corrected chi connectivity index (χ4v) is 2.21. The Morgan fingerprint density at radius 3 is 2.87 bits per heavy atom. The summed E-state index contributed by atoms with van der Waals surface area (Å²) in [5.74, 6) is 0.793. The zero-order chi connectivity index (χ0) is 16.4. The van der Waals surface area contributed by atoms with Gasteiger partial charge in [-0.2, -0.15) is 13.2 Å². The molecule has 0 atom stereocenters. The molecule has 0 fully saturated rings. The summed E-state index contributed by atoms with van der Waals surface area (Å²) in [6, 6.07) is 7.25. The summed E-state index contributed by atoms with van der Waals surface area (Å²) in [7, 11) is 0. The molecule has 1 aromatic carbocycles. The maximum Gasteiger partial charge on any atom is 0.416 e. The maximum absolute atomic E-state index is 12.7. The third kappa shape index (κ3) is 3.20. The zero-order valence-electron chi connectivity index (χ0n) is 11.8. The van der Waals surface area contributed by atoms with Gasteiger partial charge in [-0.15, -0.1) is 0 Å². The molecule has 0 unspecified atom stereocenters. The smallest absolute Gasteiger partial charge is 0.416 e. The second-order valence-corrected chi connectivity index (χ2v) is 4.83. The van der Waals surface area contributed by atoms with Crippen molar-refractivity contribution in [2.45, 2.75) is 6.18 Å². The van der Waals surface area contributed by atoms with Crippen LogP contribution in [-0.4, -0.2) is 24.2 Å². The van der Waals surface area contributed by atoms with E-state index in [0.29, 0.717) is 11.6 Å². The standard InChI is InChI=1S/C15H12F3N3O2/c16-15(17,18)10-3-1-4-11(9-10)20-14(22)21-7-8-23-12-5-2-6-19-13(12)21/h1-6,9H,7-8H2,(H,20,22). The van der Waals surface area contributed by atoms with Gasteiger partial charge in [-0.1, -0.05) is 6.07 Å². The Kier molecular flexibility index (Phi) is 3.81. The van der Waals surface area contributed by atoms with Crippen LogP contribution in [0.25, 0.3) is 0 Å². The van der Waals surface area contributed by atoms with Crippen LogP contribution >= 0.6 is 0 Å². The second-order valence-electron chi connectivity index (χ2n) is 4.83. The molecule has 8 heteroatoms. The first-order valence-electron chi connectivity index (χ1n) is 6.79. The molecule has 0 saturated carbocycles. The number of carbonyl (C=O) groups excluding carboxylic acids is 1. The number of aromatic nitrogens is 1. The Morgan fingerprint density at radius 2 is 2.09 bits per heavy atom. The highest BCUT2D eigenvalue weighted by Crippen LogP contribution is 2.32. The fraction of sp³-hybridized carbons (Fsp3) is 0.200. The van der Waals surface area contributed by atoms with Crippen LogP contribution < -0.4 is 15.0 Å². The molecule has 2 heterocycles. The Balaban J connectivity index is 1.81. The number of fused-ring (bicyclic) bond motifs is 1. The number of urea groups is 1. The highest BCUT2D eigenvalue weighted by Gasteiger charge is 2.31. The second kappa shape index (κ2) is 5.79. The number of nitrogens with one attached hydrogen (secondary N) is 1. The molecule has 0 radical (unpaired) electrons. The number of carbonyl (C=O) groups is 1. The van der Waals surface area contributed by atoms with Crippen LogP contribution in [0.2, 0.25) is 0 Å². The van der Waals surface area contributed by atoms with Crippen LogP contribution in [-0.2, 0) is 6.18 Å². The van der Waals surface area contributed by atoms with Crippen LogP contribution in [0, 0.1) is 0 Å². The van der Waals surface area contributed by atoms with Crippen molar-refractivity contribution in [2.24, 2.45) is 0 Å². The van der Waals surface area contributed by atoms with Gasteiger partial charge in [0.1, 0.15) is 6.61 Å². The zero-order valence-corrected chi connectivity index (χ0v) is 11.8. The number of benzene rings is 1. The number of ether oxygens (including phenoxy) is 1. The van der Waals surface area contributed by atoms with E-state index in [1.165, 1.54) is 23.2 Å². The number of nitrogens with zero attached hydrogens (tertiary/aromatic N) is 2. The lowest BCUT2D eigenvalue weighted by molar-refractivity contribution is -0.137. The van der Waals surface area contributed by atoms with E-state index >= 15 is 0 Å². The number of hydrogen-bond donors (Lipinski definition) is 1. The molecular weight excluding hydrogens is 311 g/mol. The van der Waals surface area contributed by atoms with Gasteiger partial charge in [0.15, 0.2) is 11.6 Å². The molecule has 2 aromatic rings. The average molecular weight is 323 g/mol. The third-order valence-electron chi connectivity index (χ3n) is 3.27. The summed E-state index contributed by atoms with van der Waals surface area (Å²) in [5, 5.41) is 2.46. The van der Waals surface area contributed by atoms with Gasteiger partial charge in [0.2, 0.25) is 0 Å². The summed E-state index contributed by atoms with van der Waals surface area (Å²) in [5.41, 5.74) is -0.760. The van der Waals surface area contributed by atoms with Gasteiger partial charge in [0.25, 0.3) is 0 Å². The number of alkyl halides is 3. The van der Waals surface area contributed by atoms with Crippen molar-refractivity contribution in [1.82, 2.24) is 4.98 Å². The van der Waals surface area contributed by atoms with Crippen molar-refractivity contribution in [1.29, 1.82) is 0 Å². The number of hydrogen-bond acceptors (Lipinski definition) is 3. The molecule has 0 bridgehead atoms. The molecule has 23 heavy (non-hydrogen) atoms. The van der Waals surface area contributed by atoms with E-state index in [4.69, 9.17) is 4.74 Å². The first-order chi connectivity index (χ1) is 10.9.